The van der Waals surface area contributed by atoms with Gasteiger partial charge in [0, 0.05) is 0 Å². The Balaban J connectivity index is 3.00. The summed E-state index contributed by atoms with van der Waals surface area (Å²) in [6, 6.07) is 5.97. The fourth-order valence-corrected chi connectivity index (χ4v) is 0.727. The maximum absolute atomic E-state index is 10.2. The predicted octanol–water partition coefficient (Wildman–Crippen LogP) is -0.0441. The topological polar surface area (TPSA) is 40.1 Å². The fourth-order valence-electron chi connectivity index (χ4n) is 0.591. The van der Waals surface area contributed by atoms with Gasteiger partial charge in [0.2, 0.25) is 0 Å². The molecule has 0 aliphatic carbocycles. The summed E-state index contributed by atoms with van der Waals surface area (Å²) in [7, 11) is 0. The second-order valence-corrected chi connectivity index (χ2v) is 2.28. The molecule has 52 valence electrons. The maximum atomic E-state index is 10.2. The highest BCUT2D eigenvalue weighted by Crippen LogP contribution is 2.01. The molecule has 0 fully saturated rings. The van der Waals surface area contributed by atoms with Crippen molar-refractivity contribution in [2.75, 3.05) is 0 Å². The van der Waals surface area contributed by atoms with E-state index in [0.717, 1.165) is 0 Å². The lowest BCUT2D eigenvalue weighted by Gasteiger charge is -2.06. The summed E-state index contributed by atoms with van der Waals surface area (Å²) in [5, 5.41) is 10.2. The zero-order chi connectivity index (χ0) is 7.56. The molecule has 0 bridgehead atoms. The lowest BCUT2D eigenvalue weighted by atomic mass is 10.2. The van der Waals surface area contributed by atoms with Crippen molar-refractivity contribution < 1.29 is 9.90 Å². The summed E-state index contributed by atoms with van der Waals surface area (Å²) in [6.45, 7) is 0. The van der Waals surface area contributed by atoms with Crippen molar-refractivity contribution in [2.45, 2.75) is 4.90 Å². The summed E-state index contributed by atoms with van der Waals surface area (Å²) in [5.74, 6) is -1.17. The van der Waals surface area contributed by atoms with Crippen LogP contribution in [0.25, 0.3) is 0 Å². The average molecular weight is 152 g/mol. The van der Waals surface area contributed by atoms with Crippen molar-refractivity contribution in [2.24, 2.45) is 0 Å². The summed E-state index contributed by atoms with van der Waals surface area (Å²) >= 11 is 4.74. The lowest BCUT2D eigenvalue weighted by Crippen LogP contribution is -2.21. The molecule has 0 aliphatic heterocycles. The Morgan fingerprint density at radius 2 is 1.80 bits per heavy atom. The van der Waals surface area contributed by atoms with Gasteiger partial charge in [0.15, 0.2) is 0 Å². The van der Waals surface area contributed by atoms with Crippen molar-refractivity contribution >= 4 is 18.6 Å². The van der Waals surface area contributed by atoms with Crippen LogP contribution in [-0.4, -0.2) is 5.97 Å². The Morgan fingerprint density at radius 1 is 1.30 bits per heavy atom. The first-order valence-electron chi connectivity index (χ1n) is 2.68. The van der Waals surface area contributed by atoms with Gasteiger partial charge in [-0.2, -0.15) is 4.90 Å². The fraction of sp³-hybridized carbons (Fsp3) is 0. The van der Waals surface area contributed by atoms with Crippen LogP contribution < -0.4 is 5.11 Å². The van der Waals surface area contributed by atoms with Crippen LogP contribution in [0, 0.1) is 0 Å². The van der Waals surface area contributed by atoms with Gasteiger partial charge in [0.1, 0.15) is 0 Å². The van der Waals surface area contributed by atoms with Crippen molar-refractivity contribution in [3.05, 3.63) is 29.8 Å². The van der Waals surface area contributed by atoms with Gasteiger partial charge < -0.3 is 22.5 Å². The molecule has 0 heterocycles. The van der Waals surface area contributed by atoms with E-state index in [2.05, 4.69) is 0 Å². The molecule has 0 spiro atoms. The van der Waals surface area contributed by atoms with Crippen LogP contribution in [0.2, 0.25) is 0 Å². The van der Waals surface area contributed by atoms with E-state index in [0.29, 0.717) is 4.90 Å². The second-order valence-electron chi connectivity index (χ2n) is 1.81. The highest BCUT2D eigenvalue weighted by atomic mass is 32.1. The maximum Gasteiger partial charge on any atom is 0.0715 e. The number of carboxylic acids is 1. The third kappa shape index (κ3) is 1.45. The van der Waals surface area contributed by atoms with E-state index in [1.807, 2.05) is 0 Å². The third-order valence-electron chi connectivity index (χ3n) is 1.09. The Morgan fingerprint density at radius 3 is 2.20 bits per heavy atom. The van der Waals surface area contributed by atoms with Gasteiger partial charge in [-0.1, -0.05) is 24.3 Å². The van der Waals surface area contributed by atoms with Crippen LogP contribution in [0.3, 0.4) is 0 Å². The SMILES string of the molecule is O=C([O-])c1ccc([S-])cc1. The monoisotopic (exact) mass is 152 g/mol. The normalized spacial score (nSPS) is 9.20. The van der Waals surface area contributed by atoms with Crippen molar-refractivity contribution in [3.63, 3.8) is 0 Å². The zero-order valence-corrected chi connectivity index (χ0v) is 5.85. The first-order chi connectivity index (χ1) is 4.70. The molecule has 1 aromatic rings. The molecule has 0 aromatic heterocycles. The van der Waals surface area contributed by atoms with Gasteiger partial charge in [-0.25, -0.2) is 0 Å². The van der Waals surface area contributed by atoms with Gasteiger partial charge in [-0.05, 0) is 5.56 Å². The van der Waals surface area contributed by atoms with Crippen LogP contribution in [-0.2, 0) is 12.6 Å². The van der Waals surface area contributed by atoms with Crippen molar-refractivity contribution in [1.82, 2.24) is 0 Å². The van der Waals surface area contributed by atoms with Gasteiger partial charge in [0.25, 0.3) is 0 Å². The van der Waals surface area contributed by atoms with E-state index in [1.165, 1.54) is 12.1 Å². The van der Waals surface area contributed by atoms with E-state index in [1.54, 1.807) is 12.1 Å². The smallest absolute Gasteiger partial charge is 0.0715 e. The molecule has 0 radical (unpaired) electrons. The number of hydrogen-bond acceptors (Lipinski definition) is 3. The summed E-state index contributed by atoms with van der Waals surface area (Å²) < 4.78 is 0. The number of carboxylic acid groups (broad SMARTS) is 1. The Bertz CT molecular complexity index is 240. The molecule has 3 heteroatoms. The number of carbonyl (C=O) groups excluding carboxylic acids is 1. The molecule has 1 rings (SSSR count). The van der Waals surface area contributed by atoms with Gasteiger partial charge in [-0.15, -0.1) is 0 Å². The first kappa shape index (κ1) is 7.02. The highest BCUT2D eigenvalue weighted by molar-refractivity contribution is 7.58. The minimum absolute atomic E-state index is 0.161. The minimum atomic E-state index is -1.17. The molecule has 0 unspecified atom stereocenters. The predicted molar refractivity (Wildman–Crippen MR) is 36.4 cm³/mol. The van der Waals surface area contributed by atoms with Gasteiger partial charge in [-0.3, -0.25) is 0 Å². The number of aromatic carboxylic acids is 1. The van der Waals surface area contributed by atoms with E-state index in [9.17, 15) is 9.90 Å². The zero-order valence-electron chi connectivity index (χ0n) is 5.03. The van der Waals surface area contributed by atoms with E-state index < -0.39 is 5.97 Å². The molecule has 2 nitrogen and oxygen atoms in total. The van der Waals surface area contributed by atoms with Crippen LogP contribution >= 0.6 is 0 Å². The summed E-state index contributed by atoms with van der Waals surface area (Å²) in [4.78, 5) is 10.8. The Kier molecular flexibility index (Phi) is 1.87. The molecule has 10 heavy (non-hydrogen) atoms. The molecule has 0 saturated heterocycles. The number of benzene rings is 1. The van der Waals surface area contributed by atoms with Crippen LogP contribution in [0.1, 0.15) is 10.4 Å². The molecule has 0 aliphatic rings. The quantitative estimate of drug-likeness (QED) is 0.530. The standard InChI is InChI=1S/C7H6O2S/c8-7(9)5-1-3-6(10)4-2-5/h1-4,10H,(H,8,9)/p-2. The lowest BCUT2D eigenvalue weighted by molar-refractivity contribution is -0.255. The average Bonchev–Trinajstić information content (AvgIpc) is 1.88. The largest absolute Gasteiger partial charge is 0.780 e. The third-order valence-corrected chi connectivity index (χ3v) is 1.36. The van der Waals surface area contributed by atoms with Gasteiger partial charge in [0.05, 0.1) is 5.97 Å². The Hall–Kier alpha value is -1.09. The van der Waals surface area contributed by atoms with Crippen LogP contribution in [0.15, 0.2) is 29.2 Å². The van der Waals surface area contributed by atoms with Crippen LogP contribution in [0.4, 0.5) is 0 Å². The van der Waals surface area contributed by atoms with Crippen molar-refractivity contribution in [1.29, 1.82) is 0 Å². The number of carbonyl (C=O) groups is 1. The molecular formula is C7H4O2S-2. The molecule has 1 aromatic carbocycles. The number of hydrogen-bond donors (Lipinski definition) is 0. The van der Waals surface area contributed by atoms with E-state index in [-0.39, 0.29) is 5.56 Å². The highest BCUT2D eigenvalue weighted by Gasteiger charge is 1.86. The molecule has 0 N–H and O–H groups in total. The second kappa shape index (κ2) is 2.66. The molecule has 0 saturated carbocycles. The summed E-state index contributed by atoms with van der Waals surface area (Å²) in [6.07, 6.45) is 0. The molecule has 0 atom stereocenters. The number of rotatable bonds is 1. The van der Waals surface area contributed by atoms with E-state index in [4.69, 9.17) is 12.6 Å². The van der Waals surface area contributed by atoms with E-state index >= 15 is 0 Å². The van der Waals surface area contributed by atoms with Gasteiger partial charge >= 0.3 is 0 Å². The first-order valence-corrected chi connectivity index (χ1v) is 3.09. The van der Waals surface area contributed by atoms with Crippen LogP contribution in [0.5, 0.6) is 0 Å². The molecule has 0 amide bonds. The Labute approximate surface area is 63.9 Å². The minimum Gasteiger partial charge on any atom is -0.780 e. The van der Waals surface area contributed by atoms with Crippen molar-refractivity contribution in [3.8, 4) is 0 Å². The molecular weight excluding hydrogens is 148 g/mol. The summed E-state index contributed by atoms with van der Waals surface area (Å²) in [5.41, 5.74) is 0.161.